The second-order valence-electron chi connectivity index (χ2n) is 17.2. The van der Waals surface area contributed by atoms with E-state index in [1.807, 2.05) is 86.6 Å². The normalized spacial score (nSPS) is 26.4. The first-order valence-electron chi connectivity index (χ1n) is 21.7. The molecule has 0 spiro atoms. The van der Waals surface area contributed by atoms with Crippen LogP contribution in [0.25, 0.3) is 0 Å². The lowest BCUT2D eigenvalue weighted by atomic mass is 9.88. The van der Waals surface area contributed by atoms with Gasteiger partial charge in [-0.05, 0) is 51.7 Å². The molecule has 63 heavy (non-hydrogen) atoms. The minimum Gasteiger partial charge on any atom is -0.453 e. The number of hydrogen-bond donors (Lipinski definition) is 2. The van der Waals surface area contributed by atoms with Crippen molar-refractivity contribution in [3.8, 4) is 0 Å². The number of carbonyl (C=O) groups excluding carboxylic acids is 2. The van der Waals surface area contributed by atoms with Gasteiger partial charge in [-0.15, -0.1) is 0 Å². The van der Waals surface area contributed by atoms with E-state index in [0.717, 1.165) is 15.9 Å². The molecular formula is C51H58O11Si. The lowest BCUT2D eigenvalue weighted by molar-refractivity contribution is -0.349. The predicted molar refractivity (Wildman–Crippen MR) is 240 cm³/mol. The molecule has 2 N–H and O–H groups in total. The molecule has 0 aromatic heterocycles. The van der Waals surface area contributed by atoms with Crippen LogP contribution in [0, 0.1) is 5.92 Å². The molecule has 0 aliphatic carbocycles. The molecule has 0 amide bonds. The summed E-state index contributed by atoms with van der Waals surface area (Å²) in [6.45, 7) is 10.3. The second-order valence-corrected chi connectivity index (χ2v) is 21.5. The maximum atomic E-state index is 13.7. The topological polar surface area (TPSA) is 139 Å². The summed E-state index contributed by atoms with van der Waals surface area (Å²) in [5, 5.41) is 25.5. The highest BCUT2D eigenvalue weighted by molar-refractivity contribution is 6.99. The van der Waals surface area contributed by atoms with E-state index in [2.05, 4.69) is 45.0 Å². The average molecular weight is 875 g/mol. The molecule has 12 heteroatoms. The van der Waals surface area contributed by atoms with Crippen LogP contribution in [-0.2, 0) is 39.5 Å². The van der Waals surface area contributed by atoms with E-state index < -0.39 is 86.5 Å². The number of hydrogen-bond acceptors (Lipinski definition) is 11. The van der Waals surface area contributed by atoms with Gasteiger partial charge in [-0.25, -0.2) is 9.59 Å². The molecule has 5 aromatic rings. The van der Waals surface area contributed by atoms with E-state index in [4.69, 9.17) is 32.8 Å². The van der Waals surface area contributed by atoms with Crippen LogP contribution in [-0.4, -0.2) is 92.4 Å². The Balaban J connectivity index is 1.21. The van der Waals surface area contributed by atoms with Crippen molar-refractivity contribution in [3.05, 3.63) is 168 Å². The highest BCUT2D eigenvalue weighted by Crippen LogP contribution is 2.39. The Morgan fingerprint density at radius 1 is 0.603 bits per heavy atom. The third kappa shape index (κ3) is 10.4. The molecule has 332 valence electrons. The number of carbonyl (C=O) groups is 2. The van der Waals surface area contributed by atoms with Crippen molar-refractivity contribution in [2.24, 2.45) is 5.92 Å². The Labute approximate surface area is 371 Å². The zero-order chi connectivity index (χ0) is 44.6. The van der Waals surface area contributed by atoms with Crippen LogP contribution < -0.4 is 10.4 Å². The average Bonchev–Trinajstić information content (AvgIpc) is 3.31. The summed E-state index contributed by atoms with van der Waals surface area (Å²) < 4.78 is 45.8. The molecule has 0 bridgehead atoms. The fourth-order valence-corrected chi connectivity index (χ4v) is 13.2. The standard InChI is InChI=1S/C51H58O11Si/c1-6-40-44(34(2)45(60-47(54)36-24-14-8-15-25-36)49(58-40)56-32-35-22-12-7-13-23-35)62-50-46(61-48(55)37-26-16-9-17-27-37)43(53)42(52)41(59-50)33-57-63(51(3,4)5,38-28-18-10-19-29-38)39-30-20-11-21-31-39/h7-31,34,40-46,49-50,52-53H,6,32-33H2,1-5H3/t34-,40?,41?,42-,43-,44-,45?,46?,49+,50-/m0/s1. The first kappa shape index (κ1) is 46.0. The second kappa shape index (κ2) is 20.7. The zero-order valence-corrected chi connectivity index (χ0v) is 37.4. The third-order valence-electron chi connectivity index (χ3n) is 12.0. The molecule has 11 nitrogen and oxygen atoms in total. The van der Waals surface area contributed by atoms with Crippen molar-refractivity contribution in [2.45, 2.75) is 108 Å². The molecule has 10 atom stereocenters. The van der Waals surface area contributed by atoms with Crippen LogP contribution in [0.3, 0.4) is 0 Å². The molecule has 2 aliphatic rings. The van der Waals surface area contributed by atoms with Gasteiger partial charge in [-0.2, -0.15) is 0 Å². The lowest BCUT2D eigenvalue weighted by Gasteiger charge is -2.49. The Hall–Kier alpha value is -5.02. The summed E-state index contributed by atoms with van der Waals surface area (Å²) in [6, 6.07) is 46.8. The summed E-state index contributed by atoms with van der Waals surface area (Å²) >= 11 is 0. The first-order chi connectivity index (χ1) is 30.4. The van der Waals surface area contributed by atoms with Gasteiger partial charge in [0.25, 0.3) is 8.32 Å². The number of aliphatic hydroxyl groups excluding tert-OH is 2. The fraction of sp³-hybridized carbons (Fsp3) is 0.373. The molecule has 4 unspecified atom stereocenters. The summed E-state index contributed by atoms with van der Waals surface area (Å²) in [6.07, 6.45) is -10.2. The van der Waals surface area contributed by atoms with Gasteiger partial charge in [0.2, 0.25) is 0 Å². The minimum absolute atomic E-state index is 0.134. The molecule has 2 fully saturated rings. The summed E-state index contributed by atoms with van der Waals surface area (Å²) in [5.41, 5.74) is 1.50. The molecule has 5 aromatic carbocycles. The Bertz CT molecular complexity index is 2150. The number of ether oxygens (including phenoxy) is 6. The molecular weight excluding hydrogens is 817 g/mol. The smallest absolute Gasteiger partial charge is 0.338 e. The monoisotopic (exact) mass is 874 g/mol. The van der Waals surface area contributed by atoms with Crippen LogP contribution >= 0.6 is 0 Å². The largest absolute Gasteiger partial charge is 0.453 e. The van der Waals surface area contributed by atoms with Crippen LogP contribution in [0.15, 0.2) is 152 Å². The maximum Gasteiger partial charge on any atom is 0.338 e. The van der Waals surface area contributed by atoms with Crippen LogP contribution in [0.1, 0.15) is 67.3 Å². The molecule has 2 aliphatic heterocycles. The van der Waals surface area contributed by atoms with E-state index in [1.165, 1.54) is 0 Å². The highest BCUT2D eigenvalue weighted by Gasteiger charge is 2.55. The first-order valence-corrected chi connectivity index (χ1v) is 23.6. The van der Waals surface area contributed by atoms with Crippen LogP contribution in [0.4, 0.5) is 0 Å². The van der Waals surface area contributed by atoms with Gasteiger partial charge in [0.15, 0.2) is 24.8 Å². The Kier molecular flexibility index (Phi) is 15.1. The maximum absolute atomic E-state index is 13.7. The van der Waals surface area contributed by atoms with Gasteiger partial charge in [-0.3, -0.25) is 0 Å². The van der Waals surface area contributed by atoms with Crippen LogP contribution in [0.5, 0.6) is 0 Å². The Morgan fingerprint density at radius 2 is 1.06 bits per heavy atom. The molecule has 0 saturated carbocycles. The predicted octanol–water partition coefficient (Wildman–Crippen LogP) is 6.83. The van der Waals surface area contributed by atoms with Gasteiger partial charge in [-0.1, -0.05) is 162 Å². The number of esters is 2. The summed E-state index contributed by atoms with van der Waals surface area (Å²) in [7, 11) is -3.14. The number of benzene rings is 5. The van der Waals surface area contributed by atoms with E-state index in [0.29, 0.717) is 12.0 Å². The van der Waals surface area contributed by atoms with Crippen molar-refractivity contribution >= 4 is 30.6 Å². The summed E-state index contributed by atoms with van der Waals surface area (Å²) in [4.78, 5) is 27.3. The molecule has 0 radical (unpaired) electrons. The quantitative estimate of drug-likeness (QED) is 0.0846. The van der Waals surface area contributed by atoms with Gasteiger partial charge in [0.1, 0.15) is 18.3 Å². The van der Waals surface area contributed by atoms with Crippen molar-refractivity contribution in [2.75, 3.05) is 6.61 Å². The zero-order valence-electron chi connectivity index (χ0n) is 36.4. The highest BCUT2D eigenvalue weighted by atomic mass is 28.4. The van der Waals surface area contributed by atoms with Gasteiger partial charge in [0.05, 0.1) is 36.5 Å². The molecule has 2 saturated heterocycles. The van der Waals surface area contributed by atoms with Crippen molar-refractivity contribution in [3.63, 3.8) is 0 Å². The van der Waals surface area contributed by atoms with E-state index in [9.17, 15) is 19.8 Å². The van der Waals surface area contributed by atoms with Gasteiger partial charge < -0.3 is 43.1 Å². The van der Waals surface area contributed by atoms with Crippen molar-refractivity contribution < 1.29 is 52.6 Å². The number of aliphatic hydroxyl groups is 2. The van der Waals surface area contributed by atoms with E-state index >= 15 is 0 Å². The minimum atomic E-state index is -3.14. The van der Waals surface area contributed by atoms with Gasteiger partial charge >= 0.3 is 11.9 Å². The molecule has 7 rings (SSSR count). The molecule has 2 heterocycles. The SMILES string of the molecule is CCC1O[C@@H](OCc2ccccc2)C(OC(=O)c2ccccc2)[C@@H](C)[C@@H]1O[C@@H]1OC(CO[Si](c2ccccc2)(c2ccccc2)C(C)(C)C)[C@H](O)[C@H](O)C1OC(=O)c1ccccc1. The van der Waals surface area contributed by atoms with Crippen LogP contribution in [0.2, 0.25) is 5.04 Å². The summed E-state index contributed by atoms with van der Waals surface area (Å²) in [5.74, 6) is -1.89. The van der Waals surface area contributed by atoms with Crippen molar-refractivity contribution in [1.29, 1.82) is 0 Å². The van der Waals surface area contributed by atoms with E-state index in [-0.39, 0.29) is 18.8 Å². The fourth-order valence-electron chi connectivity index (χ4n) is 8.62. The third-order valence-corrected chi connectivity index (χ3v) is 17.0. The van der Waals surface area contributed by atoms with E-state index in [1.54, 1.807) is 54.6 Å². The van der Waals surface area contributed by atoms with Crippen molar-refractivity contribution in [1.82, 2.24) is 0 Å². The lowest BCUT2D eigenvalue weighted by Crippen LogP contribution is -2.68. The number of rotatable bonds is 15. The Morgan fingerprint density at radius 3 is 1.56 bits per heavy atom. The van der Waals surface area contributed by atoms with Gasteiger partial charge in [0, 0.05) is 5.92 Å².